The first kappa shape index (κ1) is 13.8. The Morgan fingerprint density at radius 1 is 1.42 bits per heavy atom. The van der Waals surface area contributed by atoms with Gasteiger partial charge in [0.15, 0.2) is 0 Å². The molecule has 19 heavy (non-hydrogen) atoms. The third-order valence-corrected chi connectivity index (χ3v) is 3.39. The number of ether oxygens (including phenoxy) is 1. The molecule has 0 aromatic heterocycles. The van der Waals surface area contributed by atoms with Gasteiger partial charge in [-0.1, -0.05) is 12.1 Å². The number of hydrogen-bond donors (Lipinski definition) is 3. The van der Waals surface area contributed by atoms with Crippen LogP contribution in [0.5, 0.6) is 0 Å². The highest BCUT2D eigenvalue weighted by Crippen LogP contribution is 2.15. The van der Waals surface area contributed by atoms with Crippen LogP contribution in [-0.2, 0) is 4.74 Å². The molecule has 0 radical (unpaired) electrons. The first-order valence-electron chi connectivity index (χ1n) is 6.61. The van der Waals surface area contributed by atoms with Crippen molar-refractivity contribution < 1.29 is 9.53 Å². The molecular weight excluding hydrogens is 242 g/mol. The molecule has 3 atom stereocenters. The largest absolute Gasteiger partial charge is 0.376 e. The lowest BCUT2D eigenvalue weighted by Crippen LogP contribution is -2.41. The van der Waals surface area contributed by atoms with Crippen molar-refractivity contribution in [3.8, 4) is 0 Å². The Kier molecular flexibility index (Phi) is 4.39. The van der Waals surface area contributed by atoms with Gasteiger partial charge in [0.2, 0.25) is 0 Å². The summed E-state index contributed by atoms with van der Waals surface area (Å²) < 4.78 is 5.40. The highest BCUT2D eigenvalue weighted by atomic mass is 16.5. The van der Waals surface area contributed by atoms with Crippen LogP contribution in [0.1, 0.15) is 31.9 Å². The number of anilines is 1. The lowest BCUT2D eigenvalue weighted by atomic mass is 10.1. The minimum absolute atomic E-state index is 0.000589. The molecule has 1 heterocycles. The van der Waals surface area contributed by atoms with Crippen molar-refractivity contribution in [2.75, 3.05) is 11.9 Å². The molecule has 1 saturated heterocycles. The van der Waals surface area contributed by atoms with Crippen molar-refractivity contribution in [3.63, 3.8) is 0 Å². The second kappa shape index (κ2) is 6.04. The van der Waals surface area contributed by atoms with Crippen molar-refractivity contribution in [2.45, 2.75) is 38.5 Å². The minimum Gasteiger partial charge on any atom is -0.376 e. The van der Waals surface area contributed by atoms with E-state index in [2.05, 4.69) is 10.6 Å². The summed E-state index contributed by atoms with van der Waals surface area (Å²) in [6, 6.07) is 7.43. The van der Waals surface area contributed by atoms with E-state index < -0.39 is 0 Å². The van der Waals surface area contributed by atoms with Crippen LogP contribution in [0.4, 0.5) is 10.5 Å². The highest BCUT2D eigenvalue weighted by Gasteiger charge is 2.25. The first-order valence-corrected chi connectivity index (χ1v) is 6.61. The summed E-state index contributed by atoms with van der Waals surface area (Å²) in [6.07, 6.45) is 0.935. The topological polar surface area (TPSA) is 76.4 Å². The van der Waals surface area contributed by atoms with Gasteiger partial charge >= 0.3 is 6.03 Å². The van der Waals surface area contributed by atoms with Crippen LogP contribution in [0.15, 0.2) is 24.3 Å². The van der Waals surface area contributed by atoms with Crippen molar-refractivity contribution in [2.24, 2.45) is 5.73 Å². The molecule has 1 fully saturated rings. The van der Waals surface area contributed by atoms with Gasteiger partial charge in [0.1, 0.15) is 0 Å². The molecule has 4 N–H and O–H groups in total. The normalized spacial score (nSPS) is 23.9. The molecular formula is C14H21N3O2. The van der Waals surface area contributed by atoms with Gasteiger partial charge in [-0.05, 0) is 38.0 Å². The highest BCUT2D eigenvalue weighted by molar-refractivity contribution is 5.89. The number of benzene rings is 1. The van der Waals surface area contributed by atoms with Crippen molar-refractivity contribution in [1.82, 2.24) is 5.32 Å². The molecule has 1 aromatic rings. The molecule has 2 amide bonds. The molecule has 2 rings (SSSR count). The van der Waals surface area contributed by atoms with Gasteiger partial charge in [-0.15, -0.1) is 0 Å². The third kappa shape index (κ3) is 3.68. The van der Waals surface area contributed by atoms with Crippen LogP contribution in [0.25, 0.3) is 0 Å². The van der Waals surface area contributed by atoms with Gasteiger partial charge in [0, 0.05) is 18.3 Å². The summed E-state index contributed by atoms with van der Waals surface area (Å²) >= 11 is 0. The van der Waals surface area contributed by atoms with Gasteiger partial charge in [0.25, 0.3) is 0 Å². The van der Waals surface area contributed by atoms with Crippen LogP contribution in [0.3, 0.4) is 0 Å². The van der Waals surface area contributed by atoms with Gasteiger partial charge in [-0.25, -0.2) is 4.79 Å². The van der Waals surface area contributed by atoms with E-state index in [0.717, 1.165) is 17.7 Å². The molecule has 0 bridgehead atoms. The molecule has 1 aliphatic heterocycles. The quantitative estimate of drug-likeness (QED) is 0.780. The number of urea groups is 1. The second-order valence-electron chi connectivity index (χ2n) is 4.98. The molecule has 5 heteroatoms. The van der Waals surface area contributed by atoms with Crippen molar-refractivity contribution in [3.05, 3.63) is 29.8 Å². The Hall–Kier alpha value is -1.59. The Morgan fingerprint density at radius 2 is 2.11 bits per heavy atom. The van der Waals surface area contributed by atoms with E-state index in [1.807, 2.05) is 38.1 Å². The average Bonchev–Trinajstić information content (AvgIpc) is 2.75. The summed E-state index contributed by atoms with van der Waals surface area (Å²) in [6.45, 7) is 4.60. The van der Waals surface area contributed by atoms with E-state index >= 15 is 0 Å². The number of carbonyl (C=O) groups is 1. The average molecular weight is 263 g/mol. The van der Waals surface area contributed by atoms with Crippen LogP contribution >= 0.6 is 0 Å². The number of carbonyl (C=O) groups excluding carboxylic acids is 1. The van der Waals surface area contributed by atoms with Crippen LogP contribution in [0, 0.1) is 0 Å². The van der Waals surface area contributed by atoms with Gasteiger partial charge < -0.3 is 21.1 Å². The predicted octanol–water partition coefficient (Wildman–Crippen LogP) is 2.01. The molecule has 0 spiro atoms. The molecule has 1 aromatic carbocycles. The lowest BCUT2D eigenvalue weighted by Gasteiger charge is -2.16. The Morgan fingerprint density at radius 3 is 2.63 bits per heavy atom. The molecule has 0 aliphatic carbocycles. The molecule has 1 aliphatic rings. The fraction of sp³-hybridized carbons (Fsp3) is 0.500. The fourth-order valence-corrected chi connectivity index (χ4v) is 2.13. The summed E-state index contributed by atoms with van der Waals surface area (Å²) in [7, 11) is 0. The third-order valence-electron chi connectivity index (χ3n) is 3.39. The zero-order valence-electron chi connectivity index (χ0n) is 11.3. The standard InChI is InChI=1S/C14H21N3O2/c1-9(15)11-3-5-12(6-4-11)16-14(18)17-13-7-8-19-10(13)2/h3-6,9-10,13H,7-8,15H2,1-2H3,(H2,16,17,18). The minimum atomic E-state index is -0.198. The van der Waals surface area contributed by atoms with Crippen molar-refractivity contribution >= 4 is 11.7 Å². The zero-order chi connectivity index (χ0) is 13.8. The number of rotatable bonds is 3. The van der Waals surface area contributed by atoms with E-state index in [0.29, 0.717) is 6.61 Å². The summed E-state index contributed by atoms with van der Waals surface area (Å²) in [5, 5.41) is 5.72. The molecule has 0 saturated carbocycles. The Labute approximate surface area is 113 Å². The number of nitrogens with two attached hydrogens (primary N) is 1. The van der Waals surface area contributed by atoms with E-state index in [1.165, 1.54) is 0 Å². The second-order valence-corrected chi connectivity index (χ2v) is 4.98. The molecule has 3 unspecified atom stereocenters. The van der Waals surface area contributed by atoms with Gasteiger partial charge in [0.05, 0.1) is 12.1 Å². The Balaban J connectivity index is 1.88. The van der Waals surface area contributed by atoms with Crippen LogP contribution < -0.4 is 16.4 Å². The van der Waals surface area contributed by atoms with Gasteiger partial charge in [-0.2, -0.15) is 0 Å². The van der Waals surface area contributed by atoms with Crippen LogP contribution in [-0.4, -0.2) is 24.8 Å². The van der Waals surface area contributed by atoms with E-state index in [-0.39, 0.29) is 24.2 Å². The van der Waals surface area contributed by atoms with Crippen molar-refractivity contribution in [1.29, 1.82) is 0 Å². The summed E-state index contributed by atoms with van der Waals surface area (Å²) in [5.41, 5.74) is 7.58. The van der Waals surface area contributed by atoms with Gasteiger partial charge in [-0.3, -0.25) is 0 Å². The van der Waals surface area contributed by atoms with E-state index in [1.54, 1.807) is 0 Å². The Bertz CT molecular complexity index is 431. The molecule has 104 valence electrons. The monoisotopic (exact) mass is 263 g/mol. The van der Waals surface area contributed by atoms with E-state index in [9.17, 15) is 4.79 Å². The summed E-state index contributed by atoms with van der Waals surface area (Å²) in [5.74, 6) is 0. The maximum atomic E-state index is 11.8. The smallest absolute Gasteiger partial charge is 0.319 e. The van der Waals surface area contributed by atoms with Crippen LogP contribution in [0.2, 0.25) is 0 Å². The van der Waals surface area contributed by atoms with E-state index in [4.69, 9.17) is 10.5 Å². The molecule has 5 nitrogen and oxygen atoms in total. The lowest BCUT2D eigenvalue weighted by molar-refractivity contribution is 0.114. The number of amides is 2. The predicted molar refractivity (Wildman–Crippen MR) is 75.0 cm³/mol. The number of hydrogen-bond acceptors (Lipinski definition) is 3. The zero-order valence-corrected chi connectivity index (χ0v) is 11.3. The summed E-state index contributed by atoms with van der Waals surface area (Å²) in [4.78, 5) is 11.8. The maximum Gasteiger partial charge on any atom is 0.319 e. The first-order chi connectivity index (χ1) is 9.06. The SMILES string of the molecule is CC(N)c1ccc(NC(=O)NC2CCOC2C)cc1. The number of nitrogens with one attached hydrogen (secondary N) is 2. The maximum absolute atomic E-state index is 11.8. The fourth-order valence-electron chi connectivity index (χ4n) is 2.13.